The van der Waals surface area contributed by atoms with Crippen molar-refractivity contribution in [3.8, 4) is 11.5 Å². The van der Waals surface area contributed by atoms with Crippen LogP contribution in [0.3, 0.4) is 0 Å². The summed E-state index contributed by atoms with van der Waals surface area (Å²) in [5, 5.41) is 26.4. The Morgan fingerprint density at radius 2 is 1.28 bits per heavy atom. The highest BCUT2D eigenvalue weighted by molar-refractivity contribution is 5.62. The Morgan fingerprint density at radius 1 is 0.840 bits per heavy atom. The van der Waals surface area contributed by atoms with Crippen LogP contribution in [0.25, 0.3) is 0 Å². The van der Waals surface area contributed by atoms with Gasteiger partial charge in [0.2, 0.25) is 0 Å². The van der Waals surface area contributed by atoms with Crippen molar-refractivity contribution in [2.24, 2.45) is 0 Å². The Kier molecular flexibility index (Phi) is 6.12. The van der Waals surface area contributed by atoms with Crippen LogP contribution in [0.15, 0.2) is 72.9 Å². The Balaban J connectivity index is 0.000000511. The second-order valence-corrected chi connectivity index (χ2v) is 5.39. The molecule has 0 unspecified atom stereocenters. The molecule has 1 aromatic heterocycles. The zero-order chi connectivity index (χ0) is 18.2. The molecule has 0 spiro atoms. The number of carboxylic acid groups (broad SMARTS) is 1. The zero-order valence-corrected chi connectivity index (χ0v) is 13.7. The topological polar surface area (TPSA) is 90.7 Å². The third kappa shape index (κ3) is 5.35. The quantitative estimate of drug-likeness (QED) is 0.677. The molecule has 0 aliphatic heterocycles. The molecular formula is C20H19NO4. The number of nitrogens with zero attached hydrogens (tertiary/aromatic N) is 1. The summed E-state index contributed by atoms with van der Waals surface area (Å²) < 4.78 is 0. The number of aromatic nitrogens is 1. The van der Waals surface area contributed by atoms with E-state index in [2.05, 4.69) is 4.98 Å². The van der Waals surface area contributed by atoms with Crippen LogP contribution in [-0.2, 0) is 4.79 Å². The molecule has 2 aromatic carbocycles. The lowest BCUT2D eigenvalue weighted by molar-refractivity contribution is -0.134. The lowest BCUT2D eigenvalue weighted by Crippen LogP contribution is -2.05. The molecule has 128 valence electrons. The Bertz CT molecular complexity index is 750. The van der Waals surface area contributed by atoms with Gasteiger partial charge in [-0.05, 0) is 47.5 Å². The van der Waals surface area contributed by atoms with Crippen LogP contribution in [0.4, 0.5) is 0 Å². The van der Waals surface area contributed by atoms with Crippen molar-refractivity contribution >= 4 is 5.97 Å². The van der Waals surface area contributed by atoms with Gasteiger partial charge in [-0.1, -0.05) is 30.3 Å². The minimum Gasteiger partial charge on any atom is -0.508 e. The van der Waals surface area contributed by atoms with Gasteiger partial charge < -0.3 is 15.3 Å². The molecule has 0 bridgehead atoms. The molecule has 0 amide bonds. The molecule has 0 fully saturated rings. The van der Waals surface area contributed by atoms with E-state index in [-0.39, 0.29) is 17.4 Å². The number of hydrogen-bond acceptors (Lipinski definition) is 4. The second-order valence-electron chi connectivity index (χ2n) is 5.39. The first-order valence-corrected chi connectivity index (χ1v) is 7.65. The van der Waals surface area contributed by atoms with Gasteiger partial charge in [0.15, 0.2) is 0 Å². The minimum atomic E-state index is -0.833. The first kappa shape index (κ1) is 18.0. The van der Waals surface area contributed by atoms with Gasteiger partial charge in [0.25, 0.3) is 5.97 Å². The highest BCUT2D eigenvalue weighted by atomic mass is 16.4. The third-order valence-electron chi connectivity index (χ3n) is 3.44. The van der Waals surface area contributed by atoms with Gasteiger partial charge in [-0.2, -0.15) is 0 Å². The van der Waals surface area contributed by atoms with Crippen LogP contribution in [0, 0.1) is 0 Å². The van der Waals surface area contributed by atoms with Crippen molar-refractivity contribution in [3.05, 3.63) is 89.7 Å². The highest BCUT2D eigenvalue weighted by Gasteiger charge is 2.17. The number of benzene rings is 2. The summed E-state index contributed by atoms with van der Waals surface area (Å²) in [4.78, 5) is 13.5. The zero-order valence-electron chi connectivity index (χ0n) is 13.7. The average molecular weight is 337 g/mol. The van der Waals surface area contributed by atoms with Crippen molar-refractivity contribution in [2.75, 3.05) is 0 Å². The molecule has 3 N–H and O–H groups in total. The number of pyridine rings is 1. The van der Waals surface area contributed by atoms with Crippen LogP contribution in [0.2, 0.25) is 0 Å². The molecular weight excluding hydrogens is 318 g/mol. The minimum absolute atomic E-state index is 0.0348. The predicted octanol–water partition coefficient (Wildman–Crippen LogP) is 3.76. The molecule has 0 saturated carbocycles. The molecule has 0 atom stereocenters. The molecule has 0 saturated heterocycles. The van der Waals surface area contributed by atoms with Crippen LogP contribution in [0.1, 0.15) is 29.7 Å². The molecule has 0 radical (unpaired) electrons. The molecule has 1 heterocycles. The number of aromatic hydroxyl groups is 2. The first-order valence-electron chi connectivity index (χ1n) is 7.65. The summed E-state index contributed by atoms with van der Waals surface area (Å²) in [5.74, 6) is -0.388. The molecule has 0 aliphatic carbocycles. The summed E-state index contributed by atoms with van der Waals surface area (Å²) in [6, 6.07) is 20.1. The Labute approximate surface area is 145 Å². The van der Waals surface area contributed by atoms with E-state index >= 15 is 0 Å². The van der Waals surface area contributed by atoms with Crippen LogP contribution >= 0.6 is 0 Å². The maximum Gasteiger partial charge on any atom is 0.300 e. The van der Waals surface area contributed by atoms with E-state index in [0.717, 1.165) is 23.7 Å². The third-order valence-corrected chi connectivity index (χ3v) is 3.44. The summed E-state index contributed by atoms with van der Waals surface area (Å²) in [6.45, 7) is 1.08. The number of phenols is 2. The Hall–Kier alpha value is -3.34. The van der Waals surface area contributed by atoms with Crippen molar-refractivity contribution in [1.29, 1.82) is 0 Å². The smallest absolute Gasteiger partial charge is 0.300 e. The van der Waals surface area contributed by atoms with E-state index < -0.39 is 5.97 Å². The predicted molar refractivity (Wildman–Crippen MR) is 94.7 cm³/mol. The van der Waals surface area contributed by atoms with E-state index in [1.165, 1.54) is 0 Å². The van der Waals surface area contributed by atoms with E-state index in [1.54, 1.807) is 30.5 Å². The lowest BCUT2D eigenvalue weighted by atomic mass is 9.88. The van der Waals surface area contributed by atoms with E-state index in [9.17, 15) is 10.2 Å². The molecule has 3 rings (SSSR count). The SMILES string of the molecule is CC(=O)O.Oc1ccc(C(c2ccc(O)cc2)c2ccccn2)cc1. The molecule has 3 aromatic rings. The fourth-order valence-corrected chi connectivity index (χ4v) is 2.41. The van der Waals surface area contributed by atoms with Gasteiger partial charge in [-0.3, -0.25) is 9.78 Å². The standard InChI is InChI=1S/C18H15NO2.C2H4O2/c20-15-8-4-13(5-9-15)18(17-3-1-2-12-19-17)14-6-10-16(21)11-7-14;1-2(3)4/h1-12,18,20-21H;1H3,(H,3,4). The van der Waals surface area contributed by atoms with Crippen molar-refractivity contribution in [3.63, 3.8) is 0 Å². The number of rotatable bonds is 3. The first-order chi connectivity index (χ1) is 12.0. The maximum atomic E-state index is 9.47. The van der Waals surface area contributed by atoms with Crippen molar-refractivity contribution < 1.29 is 20.1 Å². The van der Waals surface area contributed by atoms with Gasteiger partial charge in [0.05, 0.1) is 11.6 Å². The van der Waals surface area contributed by atoms with Gasteiger partial charge in [-0.15, -0.1) is 0 Å². The van der Waals surface area contributed by atoms with Gasteiger partial charge >= 0.3 is 0 Å². The van der Waals surface area contributed by atoms with E-state index in [1.807, 2.05) is 42.5 Å². The number of carboxylic acids is 1. The van der Waals surface area contributed by atoms with E-state index in [0.29, 0.717) is 0 Å². The highest BCUT2D eigenvalue weighted by Crippen LogP contribution is 2.32. The fraction of sp³-hybridized carbons (Fsp3) is 0.100. The number of aliphatic carboxylic acids is 1. The fourth-order valence-electron chi connectivity index (χ4n) is 2.41. The second kappa shape index (κ2) is 8.49. The molecule has 25 heavy (non-hydrogen) atoms. The largest absolute Gasteiger partial charge is 0.508 e. The maximum absolute atomic E-state index is 9.47. The van der Waals surface area contributed by atoms with E-state index in [4.69, 9.17) is 9.90 Å². The van der Waals surface area contributed by atoms with Crippen LogP contribution in [0.5, 0.6) is 11.5 Å². The summed E-state index contributed by atoms with van der Waals surface area (Å²) >= 11 is 0. The van der Waals surface area contributed by atoms with Crippen LogP contribution in [-0.4, -0.2) is 26.3 Å². The molecule has 0 aliphatic rings. The van der Waals surface area contributed by atoms with Gasteiger partial charge in [0.1, 0.15) is 11.5 Å². The molecule has 5 heteroatoms. The van der Waals surface area contributed by atoms with Crippen LogP contribution < -0.4 is 0 Å². The number of carbonyl (C=O) groups is 1. The van der Waals surface area contributed by atoms with Gasteiger partial charge in [0, 0.05) is 13.1 Å². The monoisotopic (exact) mass is 337 g/mol. The number of phenolic OH excluding ortho intramolecular Hbond substituents is 2. The summed E-state index contributed by atoms with van der Waals surface area (Å²) in [5.41, 5.74) is 3.00. The average Bonchev–Trinajstić information content (AvgIpc) is 2.59. The van der Waals surface area contributed by atoms with Crippen molar-refractivity contribution in [2.45, 2.75) is 12.8 Å². The lowest BCUT2D eigenvalue weighted by Gasteiger charge is -2.18. The Morgan fingerprint density at radius 3 is 1.64 bits per heavy atom. The summed E-state index contributed by atoms with van der Waals surface area (Å²) in [7, 11) is 0. The molecule has 5 nitrogen and oxygen atoms in total. The normalized spacial score (nSPS) is 10.0. The summed E-state index contributed by atoms with van der Waals surface area (Å²) in [6.07, 6.45) is 1.77. The number of hydrogen-bond donors (Lipinski definition) is 3. The van der Waals surface area contributed by atoms with Crippen molar-refractivity contribution in [1.82, 2.24) is 4.98 Å². The van der Waals surface area contributed by atoms with Gasteiger partial charge in [-0.25, -0.2) is 0 Å².